The molecule has 3 aromatic carbocycles. The van der Waals surface area contributed by atoms with E-state index in [1.807, 2.05) is 0 Å². The second-order valence-corrected chi connectivity index (χ2v) is 8.19. The van der Waals surface area contributed by atoms with E-state index in [-0.39, 0.29) is 5.54 Å². The van der Waals surface area contributed by atoms with Gasteiger partial charge in [-0.05, 0) is 74.7 Å². The topological polar surface area (TPSA) is 6.48 Å². The first kappa shape index (κ1) is 23.1. The van der Waals surface area contributed by atoms with Crippen molar-refractivity contribution in [1.82, 2.24) is 4.90 Å². The van der Waals surface area contributed by atoms with E-state index in [0.717, 1.165) is 26.2 Å². The fourth-order valence-corrected chi connectivity index (χ4v) is 5.26. The minimum absolute atomic E-state index is 0.344. The fraction of sp³-hybridized carbons (Fsp3) is 0.379. The summed E-state index contributed by atoms with van der Waals surface area (Å²) in [6.07, 6.45) is 0. The highest BCUT2D eigenvalue weighted by Gasteiger charge is 2.43. The summed E-state index contributed by atoms with van der Waals surface area (Å²) in [5.74, 6) is 0. The van der Waals surface area contributed by atoms with Crippen molar-refractivity contribution in [2.75, 3.05) is 31.1 Å². The SMILES string of the molecule is CCN(CC)c1cccc(C(c2ccccc2)(c2ccccc2C)N(CC)CC)c1C. The first-order chi connectivity index (χ1) is 15.1. The van der Waals surface area contributed by atoms with Gasteiger partial charge in [0, 0.05) is 18.8 Å². The van der Waals surface area contributed by atoms with Gasteiger partial charge in [0.05, 0.1) is 5.54 Å². The van der Waals surface area contributed by atoms with E-state index in [1.54, 1.807) is 0 Å². The normalized spacial score (nSPS) is 13.3. The molecule has 0 radical (unpaired) electrons. The molecule has 2 heteroatoms. The van der Waals surface area contributed by atoms with Gasteiger partial charge in [0.1, 0.15) is 0 Å². The van der Waals surface area contributed by atoms with Crippen LogP contribution in [0.5, 0.6) is 0 Å². The van der Waals surface area contributed by atoms with E-state index in [4.69, 9.17) is 0 Å². The third-order valence-corrected chi connectivity index (χ3v) is 6.76. The minimum Gasteiger partial charge on any atom is -0.372 e. The van der Waals surface area contributed by atoms with E-state index in [1.165, 1.54) is 33.5 Å². The maximum Gasteiger partial charge on any atom is 0.0978 e. The lowest BCUT2D eigenvalue weighted by Gasteiger charge is -2.47. The van der Waals surface area contributed by atoms with Crippen LogP contribution >= 0.6 is 0 Å². The average molecular weight is 415 g/mol. The van der Waals surface area contributed by atoms with Gasteiger partial charge in [0.2, 0.25) is 0 Å². The van der Waals surface area contributed by atoms with Crippen LogP contribution in [0.2, 0.25) is 0 Å². The van der Waals surface area contributed by atoms with Crippen molar-refractivity contribution in [3.63, 3.8) is 0 Å². The molecule has 0 amide bonds. The third-order valence-electron chi connectivity index (χ3n) is 6.76. The number of benzene rings is 3. The van der Waals surface area contributed by atoms with Gasteiger partial charge in [-0.25, -0.2) is 0 Å². The van der Waals surface area contributed by atoms with Crippen molar-refractivity contribution in [3.8, 4) is 0 Å². The van der Waals surface area contributed by atoms with Crippen molar-refractivity contribution in [2.24, 2.45) is 0 Å². The van der Waals surface area contributed by atoms with Gasteiger partial charge >= 0.3 is 0 Å². The van der Waals surface area contributed by atoms with Gasteiger partial charge < -0.3 is 4.90 Å². The van der Waals surface area contributed by atoms with E-state index in [2.05, 4.69) is 124 Å². The standard InChI is InChI=1S/C29H38N2/c1-7-30(8-2)28-22-16-21-27(24(28)6)29(31(9-3)10-4,25-18-12-11-13-19-25)26-20-15-14-17-23(26)5/h11-22H,7-10H2,1-6H3. The van der Waals surface area contributed by atoms with Crippen LogP contribution in [0.25, 0.3) is 0 Å². The molecule has 0 bridgehead atoms. The number of hydrogen-bond donors (Lipinski definition) is 0. The highest BCUT2D eigenvalue weighted by molar-refractivity contribution is 5.63. The summed E-state index contributed by atoms with van der Waals surface area (Å²) in [5, 5.41) is 0. The largest absolute Gasteiger partial charge is 0.372 e. The molecule has 0 aromatic heterocycles. The Balaban J connectivity index is 2.48. The zero-order valence-electron chi connectivity index (χ0n) is 20.2. The van der Waals surface area contributed by atoms with Crippen LogP contribution in [-0.4, -0.2) is 31.1 Å². The molecule has 0 fully saturated rings. The number of rotatable bonds is 9. The lowest BCUT2D eigenvalue weighted by atomic mass is 9.72. The van der Waals surface area contributed by atoms with Gasteiger partial charge in [0.15, 0.2) is 0 Å². The predicted octanol–water partition coefficient (Wildman–Crippen LogP) is 6.78. The summed E-state index contributed by atoms with van der Waals surface area (Å²) in [7, 11) is 0. The summed E-state index contributed by atoms with van der Waals surface area (Å²) in [5.41, 5.74) is 7.75. The van der Waals surface area contributed by atoms with E-state index < -0.39 is 0 Å². The summed E-state index contributed by atoms with van der Waals surface area (Å²) >= 11 is 0. The van der Waals surface area contributed by atoms with Crippen molar-refractivity contribution in [2.45, 2.75) is 47.1 Å². The summed E-state index contributed by atoms with van der Waals surface area (Å²) < 4.78 is 0. The molecule has 1 atom stereocenters. The zero-order valence-corrected chi connectivity index (χ0v) is 20.2. The molecule has 2 nitrogen and oxygen atoms in total. The Morgan fingerprint density at radius 2 is 1.19 bits per heavy atom. The smallest absolute Gasteiger partial charge is 0.0978 e. The van der Waals surface area contributed by atoms with Crippen LogP contribution in [0, 0.1) is 13.8 Å². The molecular weight excluding hydrogens is 376 g/mol. The maximum absolute atomic E-state index is 2.62. The molecule has 3 rings (SSSR count). The molecule has 0 saturated heterocycles. The van der Waals surface area contributed by atoms with Gasteiger partial charge in [-0.3, -0.25) is 4.90 Å². The van der Waals surface area contributed by atoms with Crippen LogP contribution in [0.3, 0.4) is 0 Å². The molecule has 0 spiro atoms. The van der Waals surface area contributed by atoms with Crippen LogP contribution < -0.4 is 4.90 Å². The molecule has 0 heterocycles. The van der Waals surface area contributed by atoms with Crippen molar-refractivity contribution >= 4 is 5.69 Å². The lowest BCUT2D eigenvalue weighted by Crippen LogP contribution is -2.49. The van der Waals surface area contributed by atoms with Gasteiger partial charge in [0.25, 0.3) is 0 Å². The minimum atomic E-state index is -0.344. The van der Waals surface area contributed by atoms with E-state index in [0.29, 0.717) is 0 Å². The highest BCUT2D eigenvalue weighted by atomic mass is 15.2. The molecule has 164 valence electrons. The Morgan fingerprint density at radius 3 is 1.77 bits per heavy atom. The molecule has 0 N–H and O–H groups in total. The Morgan fingerprint density at radius 1 is 0.613 bits per heavy atom. The predicted molar refractivity (Wildman–Crippen MR) is 135 cm³/mol. The van der Waals surface area contributed by atoms with E-state index >= 15 is 0 Å². The Bertz CT molecular complexity index is 971. The Labute approximate surface area is 189 Å². The molecule has 3 aromatic rings. The molecule has 0 aliphatic heterocycles. The molecular formula is C29H38N2. The third kappa shape index (κ3) is 4.02. The fourth-order valence-electron chi connectivity index (χ4n) is 5.26. The molecule has 0 aliphatic rings. The summed E-state index contributed by atoms with van der Waals surface area (Å²) in [6.45, 7) is 17.6. The van der Waals surface area contributed by atoms with Crippen LogP contribution in [0.15, 0.2) is 72.8 Å². The first-order valence-electron chi connectivity index (χ1n) is 11.8. The van der Waals surface area contributed by atoms with Gasteiger partial charge in [-0.15, -0.1) is 0 Å². The summed E-state index contributed by atoms with van der Waals surface area (Å²) in [6, 6.07) is 26.9. The first-order valence-corrected chi connectivity index (χ1v) is 11.8. The number of anilines is 1. The summed E-state index contributed by atoms with van der Waals surface area (Å²) in [4.78, 5) is 5.09. The second-order valence-electron chi connectivity index (χ2n) is 8.19. The maximum atomic E-state index is 2.62. The number of nitrogens with zero attached hydrogens (tertiary/aromatic N) is 2. The highest BCUT2D eigenvalue weighted by Crippen LogP contribution is 2.46. The van der Waals surface area contributed by atoms with E-state index in [9.17, 15) is 0 Å². The molecule has 0 saturated carbocycles. The van der Waals surface area contributed by atoms with Crippen LogP contribution in [0.1, 0.15) is 55.5 Å². The van der Waals surface area contributed by atoms with Crippen molar-refractivity contribution < 1.29 is 0 Å². The van der Waals surface area contributed by atoms with Crippen LogP contribution in [0.4, 0.5) is 5.69 Å². The quantitative estimate of drug-likeness (QED) is 0.356. The van der Waals surface area contributed by atoms with Gasteiger partial charge in [-0.2, -0.15) is 0 Å². The second kappa shape index (κ2) is 10.2. The van der Waals surface area contributed by atoms with Crippen molar-refractivity contribution in [1.29, 1.82) is 0 Å². The molecule has 31 heavy (non-hydrogen) atoms. The Kier molecular flexibility index (Phi) is 7.56. The zero-order chi connectivity index (χ0) is 22.4. The van der Waals surface area contributed by atoms with Crippen LogP contribution in [-0.2, 0) is 5.54 Å². The van der Waals surface area contributed by atoms with Gasteiger partial charge in [-0.1, -0.05) is 80.6 Å². The lowest BCUT2D eigenvalue weighted by molar-refractivity contribution is 0.174. The number of aryl methyl sites for hydroxylation is 1. The molecule has 0 aliphatic carbocycles. The van der Waals surface area contributed by atoms with Crippen molar-refractivity contribution in [3.05, 3.63) is 101 Å². The Hall–Kier alpha value is -2.58. The average Bonchev–Trinajstić information content (AvgIpc) is 2.81. The molecule has 1 unspecified atom stereocenters. The monoisotopic (exact) mass is 414 g/mol. The number of hydrogen-bond acceptors (Lipinski definition) is 2.